The molecule has 1 amide bonds. The molecular formula is C21H24FN5O3S. The molecule has 1 fully saturated rings. The van der Waals surface area contributed by atoms with Crippen molar-refractivity contribution in [1.82, 2.24) is 10.1 Å². The zero-order valence-electron chi connectivity index (χ0n) is 17.0. The number of hydrogen-bond donors (Lipinski definition) is 3. The quantitative estimate of drug-likeness (QED) is 0.506. The maximum atomic E-state index is 13.4. The molecule has 1 aromatic carbocycles. The molecule has 0 bridgehead atoms. The minimum Gasteiger partial charge on any atom is -0.383 e. The summed E-state index contributed by atoms with van der Waals surface area (Å²) in [6.45, 7) is 1.61. The fourth-order valence-electron chi connectivity index (χ4n) is 3.84. The van der Waals surface area contributed by atoms with Crippen molar-refractivity contribution >= 4 is 33.9 Å². The molecule has 2 aromatic heterocycles. The number of amides is 1. The van der Waals surface area contributed by atoms with Crippen molar-refractivity contribution < 1.29 is 18.8 Å². The Morgan fingerprint density at radius 2 is 2.00 bits per heavy atom. The summed E-state index contributed by atoms with van der Waals surface area (Å²) in [5, 5.41) is 15.3. The number of aromatic nitrogens is 2. The van der Waals surface area contributed by atoms with E-state index in [-0.39, 0.29) is 5.82 Å². The van der Waals surface area contributed by atoms with Crippen LogP contribution in [-0.4, -0.2) is 27.2 Å². The zero-order valence-corrected chi connectivity index (χ0v) is 17.8. The van der Waals surface area contributed by atoms with Gasteiger partial charge in [0.1, 0.15) is 17.7 Å². The van der Waals surface area contributed by atoms with Crippen LogP contribution < -0.4 is 16.4 Å². The Morgan fingerprint density at radius 3 is 2.65 bits per heavy atom. The second-order valence-corrected chi connectivity index (χ2v) is 8.72. The standard InChI is InChI=1S/C21H24FN5O3S/c1-11(20(24)29)27(14-8-6-13(22)7-9-14)21-25-19(23)18(31-21)17(28)16-10-15(26-30-16)12-4-2-3-5-12/h6-12,17,28H,2-5,23H2,1H3,(H2,24,29). The van der Waals surface area contributed by atoms with Crippen LogP contribution in [0.4, 0.5) is 21.0 Å². The fraction of sp³-hybridized carbons (Fsp3) is 0.381. The van der Waals surface area contributed by atoms with Crippen molar-refractivity contribution in [3.8, 4) is 0 Å². The first-order valence-corrected chi connectivity index (χ1v) is 10.9. The molecular weight excluding hydrogens is 421 g/mol. The van der Waals surface area contributed by atoms with Gasteiger partial charge in [-0.1, -0.05) is 29.3 Å². The van der Waals surface area contributed by atoms with E-state index in [0.29, 0.717) is 27.4 Å². The predicted molar refractivity (Wildman–Crippen MR) is 115 cm³/mol. The van der Waals surface area contributed by atoms with Gasteiger partial charge in [0.2, 0.25) is 5.91 Å². The van der Waals surface area contributed by atoms with Gasteiger partial charge in [-0.2, -0.15) is 0 Å². The van der Waals surface area contributed by atoms with E-state index in [2.05, 4.69) is 10.1 Å². The molecule has 5 N–H and O–H groups in total. The van der Waals surface area contributed by atoms with E-state index < -0.39 is 23.9 Å². The van der Waals surface area contributed by atoms with E-state index in [9.17, 15) is 14.3 Å². The number of primary amides is 1. The summed E-state index contributed by atoms with van der Waals surface area (Å²) in [5.74, 6) is -0.246. The molecule has 0 saturated heterocycles. The molecule has 0 aliphatic heterocycles. The summed E-state index contributed by atoms with van der Waals surface area (Å²) in [6.07, 6.45) is 3.31. The Bertz CT molecular complexity index is 1060. The maximum absolute atomic E-state index is 13.4. The van der Waals surface area contributed by atoms with Crippen molar-refractivity contribution in [2.75, 3.05) is 10.6 Å². The monoisotopic (exact) mass is 445 g/mol. The fourth-order valence-corrected chi connectivity index (χ4v) is 4.92. The highest BCUT2D eigenvalue weighted by atomic mass is 32.1. The molecule has 1 aliphatic carbocycles. The first kappa shape index (κ1) is 21.3. The van der Waals surface area contributed by atoms with Gasteiger partial charge in [0, 0.05) is 17.7 Å². The smallest absolute Gasteiger partial charge is 0.240 e. The first-order valence-electron chi connectivity index (χ1n) is 10.1. The number of thiazole rings is 1. The number of carbonyl (C=O) groups excluding carboxylic acids is 1. The molecule has 31 heavy (non-hydrogen) atoms. The van der Waals surface area contributed by atoms with Crippen LogP contribution >= 0.6 is 11.3 Å². The lowest BCUT2D eigenvalue weighted by Crippen LogP contribution is -2.39. The number of halogens is 1. The second-order valence-electron chi connectivity index (χ2n) is 7.71. The number of anilines is 3. The van der Waals surface area contributed by atoms with E-state index in [0.717, 1.165) is 42.7 Å². The van der Waals surface area contributed by atoms with E-state index in [1.165, 1.54) is 24.3 Å². The summed E-state index contributed by atoms with van der Waals surface area (Å²) in [6, 6.07) is 6.59. The van der Waals surface area contributed by atoms with Gasteiger partial charge in [0.15, 0.2) is 17.0 Å². The molecule has 8 nitrogen and oxygen atoms in total. The molecule has 1 aliphatic rings. The van der Waals surface area contributed by atoms with Gasteiger partial charge < -0.3 is 26.0 Å². The van der Waals surface area contributed by atoms with Gasteiger partial charge in [0.25, 0.3) is 0 Å². The highest BCUT2D eigenvalue weighted by Crippen LogP contribution is 2.41. The van der Waals surface area contributed by atoms with Gasteiger partial charge in [0.05, 0.1) is 10.6 Å². The minimum atomic E-state index is -1.15. The minimum absolute atomic E-state index is 0.107. The molecule has 164 valence electrons. The van der Waals surface area contributed by atoms with Gasteiger partial charge in [-0.25, -0.2) is 9.37 Å². The molecule has 2 atom stereocenters. The number of benzene rings is 1. The third-order valence-electron chi connectivity index (χ3n) is 5.62. The highest BCUT2D eigenvalue weighted by molar-refractivity contribution is 7.16. The van der Waals surface area contributed by atoms with E-state index in [4.69, 9.17) is 16.0 Å². The molecule has 2 unspecified atom stereocenters. The van der Waals surface area contributed by atoms with Crippen molar-refractivity contribution in [3.63, 3.8) is 0 Å². The molecule has 4 rings (SSSR count). The summed E-state index contributed by atoms with van der Waals surface area (Å²) in [4.78, 5) is 18.2. The number of nitrogen functional groups attached to an aromatic ring is 1. The Morgan fingerprint density at radius 1 is 1.32 bits per heavy atom. The van der Waals surface area contributed by atoms with Crippen molar-refractivity contribution in [2.45, 2.75) is 50.7 Å². The zero-order chi connectivity index (χ0) is 22.1. The number of carbonyl (C=O) groups is 1. The van der Waals surface area contributed by atoms with E-state index >= 15 is 0 Å². The Hall–Kier alpha value is -2.98. The second kappa shape index (κ2) is 8.64. The molecule has 10 heteroatoms. The largest absolute Gasteiger partial charge is 0.383 e. The lowest BCUT2D eigenvalue weighted by molar-refractivity contribution is -0.118. The van der Waals surface area contributed by atoms with E-state index in [1.807, 2.05) is 0 Å². The summed E-state index contributed by atoms with van der Waals surface area (Å²) < 4.78 is 18.8. The highest BCUT2D eigenvalue weighted by Gasteiger charge is 2.30. The van der Waals surface area contributed by atoms with Crippen LogP contribution in [0.5, 0.6) is 0 Å². The lowest BCUT2D eigenvalue weighted by atomic mass is 10.0. The van der Waals surface area contributed by atoms with Gasteiger partial charge >= 0.3 is 0 Å². The van der Waals surface area contributed by atoms with E-state index in [1.54, 1.807) is 17.9 Å². The van der Waals surface area contributed by atoms with Crippen LogP contribution in [0.2, 0.25) is 0 Å². The number of rotatable bonds is 7. The SMILES string of the molecule is CC(C(N)=O)N(c1ccc(F)cc1)c1nc(N)c(C(O)c2cc(C3CCCC3)no2)s1. The number of aliphatic hydroxyl groups excluding tert-OH is 1. The summed E-state index contributed by atoms with van der Waals surface area (Å²) in [7, 11) is 0. The average Bonchev–Trinajstić information content (AvgIpc) is 3.49. The summed E-state index contributed by atoms with van der Waals surface area (Å²) >= 11 is 1.11. The van der Waals surface area contributed by atoms with Gasteiger partial charge in [-0.15, -0.1) is 0 Å². The first-order chi connectivity index (χ1) is 14.8. The van der Waals surface area contributed by atoms with Crippen molar-refractivity contribution in [2.24, 2.45) is 5.73 Å². The summed E-state index contributed by atoms with van der Waals surface area (Å²) in [5.41, 5.74) is 13.0. The normalized spacial score (nSPS) is 16.4. The molecule has 0 radical (unpaired) electrons. The van der Waals surface area contributed by atoms with Crippen LogP contribution in [0.25, 0.3) is 0 Å². The Kier molecular flexibility index (Phi) is 5.92. The number of aliphatic hydroxyl groups is 1. The average molecular weight is 446 g/mol. The van der Waals surface area contributed by atoms with Crippen LogP contribution in [0.3, 0.4) is 0 Å². The predicted octanol–water partition coefficient (Wildman–Crippen LogP) is 3.60. The van der Waals surface area contributed by atoms with Crippen LogP contribution in [0.1, 0.15) is 61.0 Å². The maximum Gasteiger partial charge on any atom is 0.240 e. The van der Waals surface area contributed by atoms with Crippen molar-refractivity contribution in [3.05, 3.63) is 52.5 Å². The van der Waals surface area contributed by atoms with Crippen LogP contribution in [0.15, 0.2) is 34.9 Å². The third kappa shape index (κ3) is 4.26. The molecule has 2 heterocycles. The third-order valence-corrected chi connectivity index (χ3v) is 6.74. The molecule has 3 aromatic rings. The Labute approximate surface area is 182 Å². The van der Waals surface area contributed by atoms with Gasteiger partial charge in [-0.05, 0) is 44.0 Å². The molecule has 0 spiro atoms. The Balaban J connectivity index is 1.65. The number of hydrogen-bond acceptors (Lipinski definition) is 8. The van der Waals surface area contributed by atoms with Crippen molar-refractivity contribution in [1.29, 1.82) is 0 Å². The topological polar surface area (TPSA) is 132 Å². The molecule has 1 saturated carbocycles. The lowest BCUT2D eigenvalue weighted by Gasteiger charge is -2.26. The van der Waals surface area contributed by atoms with Crippen LogP contribution in [0, 0.1) is 5.82 Å². The van der Waals surface area contributed by atoms with Gasteiger partial charge in [-0.3, -0.25) is 4.79 Å². The van der Waals surface area contributed by atoms with Crippen LogP contribution in [-0.2, 0) is 4.79 Å². The number of nitrogens with two attached hydrogens (primary N) is 2. The number of nitrogens with zero attached hydrogens (tertiary/aromatic N) is 3.